The fourth-order valence-corrected chi connectivity index (χ4v) is 16.1. The number of unbranched alkanes of at least 4 members (excludes halogenated alkanes) is 43. The molecular weight excluding hydrogens is 1400 g/mol. The molecule has 0 bridgehead atoms. The molecule has 0 spiro atoms. The third-order valence-corrected chi connectivity index (χ3v) is 23.2. The molecule has 1 saturated heterocycles. The third kappa shape index (κ3) is 35.2. The number of carbonyl (C=O) groups is 2. The molecule has 0 saturated carbocycles. The van der Waals surface area contributed by atoms with Crippen molar-refractivity contribution < 1.29 is 53.0 Å². The zero-order valence-electron chi connectivity index (χ0n) is 70.7. The quantitative estimate of drug-likeness (QED) is 0.0211. The molecule has 5 aromatic rings. The van der Waals surface area contributed by atoms with E-state index in [1.165, 1.54) is 242 Å². The molecule has 112 heavy (non-hydrogen) atoms. The van der Waals surface area contributed by atoms with Crippen molar-refractivity contribution in [1.82, 2.24) is 14.9 Å². The van der Waals surface area contributed by atoms with Gasteiger partial charge in [-0.25, -0.2) is 4.79 Å². The number of methoxy groups -OCH3 is 2. The minimum Gasteiger partial charge on any atom is -0.497 e. The van der Waals surface area contributed by atoms with E-state index in [0.29, 0.717) is 59.5 Å². The lowest BCUT2D eigenvalue weighted by Gasteiger charge is -2.40. The number of ether oxygens (including phenoxy) is 7. The highest BCUT2D eigenvalue weighted by molar-refractivity contribution is 5.80. The predicted molar refractivity (Wildman–Crippen MR) is 457 cm³/mol. The molecule has 1 aromatic heterocycles. The average molecular weight is 1560 g/mol. The van der Waals surface area contributed by atoms with Gasteiger partial charge in [-0.15, -0.1) is 0 Å². The second-order valence-corrected chi connectivity index (χ2v) is 32.4. The van der Waals surface area contributed by atoms with Crippen LogP contribution < -0.4 is 40.3 Å². The summed E-state index contributed by atoms with van der Waals surface area (Å²) < 4.78 is 48.7. The molecule has 1 amide bonds. The molecule has 16 heteroatoms. The highest BCUT2D eigenvalue weighted by atomic mass is 16.6. The largest absolute Gasteiger partial charge is 0.497 e. The molecule has 1 aliphatic rings. The van der Waals surface area contributed by atoms with Gasteiger partial charge in [0.05, 0.1) is 47.1 Å². The number of aliphatic carboxylic acids is 1. The van der Waals surface area contributed by atoms with Gasteiger partial charge in [0.2, 0.25) is 11.7 Å². The molecule has 2 heterocycles. The standard InChI is InChI=1S/C96H151N3O13/c1-7-10-13-16-19-22-25-28-31-33-36-39-42-45-48-54-69-108-86-71-79(74-97-89(100)67-68-91(101)102)72-87(109-70-55-49-46-43-40-37-34-32-29-26-23-20-17-14-11-8-2)92(86)110-76-83(58-51-47-44-41-38-35-30-27-24-21-18-15-12-9-3)95(105)73-90(99-75-78(4)93(103)98-94(99)104)112-88(95)77-111-96(80-56-52-50-53-57-80,81-59-63-84(106-5)64-60-81)82-61-65-85(107-6)66-62-82/h50,52-53,56-57,59-66,71-72,75,83,88,90,105H,7-49,51,54-55,58,67-70,73-74,76-77H2,1-6H3,(H,97,100)(H,101,102)(H,98,103,104)/t83?,88-,90-,95-/m1/s1. The minimum atomic E-state index is -1.74. The van der Waals surface area contributed by atoms with E-state index in [-0.39, 0.29) is 44.9 Å². The number of amides is 1. The normalized spacial score (nSPS) is 15.2. The summed E-state index contributed by atoms with van der Waals surface area (Å²) >= 11 is 0. The summed E-state index contributed by atoms with van der Waals surface area (Å²) in [5.74, 6) is 0.558. The number of aromatic nitrogens is 2. The lowest BCUT2D eigenvalue weighted by atomic mass is 9.77. The Hall–Kier alpha value is -6.62. The molecule has 0 radical (unpaired) electrons. The first kappa shape index (κ1) is 94.2. The van der Waals surface area contributed by atoms with E-state index in [2.05, 4.69) is 31.1 Å². The monoisotopic (exact) mass is 1550 g/mol. The number of benzene rings is 4. The van der Waals surface area contributed by atoms with E-state index in [9.17, 15) is 29.4 Å². The number of carbonyl (C=O) groups excluding carboxylic acids is 1. The van der Waals surface area contributed by atoms with Crippen LogP contribution in [0.25, 0.3) is 0 Å². The van der Waals surface area contributed by atoms with Gasteiger partial charge in [-0.1, -0.05) is 358 Å². The van der Waals surface area contributed by atoms with E-state index in [0.717, 1.165) is 80.9 Å². The maximum Gasteiger partial charge on any atom is 0.330 e. The van der Waals surface area contributed by atoms with Gasteiger partial charge in [0.25, 0.3) is 5.56 Å². The van der Waals surface area contributed by atoms with Crippen LogP contribution >= 0.6 is 0 Å². The Labute approximate surface area is 676 Å². The number of H-pyrrole nitrogens is 1. The van der Waals surface area contributed by atoms with Gasteiger partial charge < -0.3 is 48.7 Å². The van der Waals surface area contributed by atoms with Gasteiger partial charge >= 0.3 is 11.7 Å². The summed E-state index contributed by atoms with van der Waals surface area (Å²) in [6.45, 7) is 9.20. The smallest absolute Gasteiger partial charge is 0.330 e. The Kier molecular flexibility index (Phi) is 48.3. The van der Waals surface area contributed by atoms with Crippen molar-refractivity contribution in [1.29, 1.82) is 0 Å². The number of carboxylic acids is 1. The molecule has 16 nitrogen and oxygen atoms in total. The van der Waals surface area contributed by atoms with Gasteiger partial charge in [-0.3, -0.25) is 23.9 Å². The SMILES string of the molecule is CCCCCCCCCCCCCCCCCCOc1cc(CNC(=O)CCC(=O)O)cc(OCCCCCCCCCCCCCCCCCC)c1OCC(CCCCCCCCCCCCCCCC)[C@]1(O)C[C@H](n2cc(C)c(=O)[nH]c2=O)O[C@@H]1COC(c1ccccc1)(c1ccc(OC)cc1)c1ccc(OC)cc1. The summed E-state index contributed by atoms with van der Waals surface area (Å²) in [7, 11) is 3.28. The number of nitrogens with zero attached hydrogens (tertiary/aromatic N) is 1. The first-order valence-corrected chi connectivity index (χ1v) is 45.0. The van der Waals surface area contributed by atoms with Gasteiger partial charge in [-0.2, -0.15) is 0 Å². The third-order valence-electron chi connectivity index (χ3n) is 23.2. The summed E-state index contributed by atoms with van der Waals surface area (Å²) in [5.41, 5.74) is -0.774. The molecule has 1 aliphatic heterocycles. The van der Waals surface area contributed by atoms with Crippen molar-refractivity contribution in [2.24, 2.45) is 5.92 Å². The number of rotatable bonds is 69. The zero-order chi connectivity index (χ0) is 80.0. The first-order chi connectivity index (χ1) is 54.8. The number of nitrogens with one attached hydrogen (secondary N) is 2. The maximum absolute atomic E-state index is 14.4. The van der Waals surface area contributed by atoms with Crippen LogP contribution in [0.3, 0.4) is 0 Å². The second-order valence-electron chi connectivity index (χ2n) is 32.4. The lowest BCUT2D eigenvalue weighted by Crippen LogP contribution is -2.51. The Morgan fingerprint density at radius 1 is 0.527 bits per heavy atom. The van der Waals surface area contributed by atoms with E-state index in [1.54, 1.807) is 21.1 Å². The molecule has 1 unspecified atom stereocenters. The fraction of sp³-hybridized carbons (Fsp3) is 0.688. The van der Waals surface area contributed by atoms with Crippen LogP contribution in [0.5, 0.6) is 28.7 Å². The summed E-state index contributed by atoms with van der Waals surface area (Å²) in [5, 5.41) is 26.8. The molecule has 1 fully saturated rings. The number of aromatic amines is 1. The Morgan fingerprint density at radius 3 is 1.30 bits per heavy atom. The number of aliphatic hydroxyl groups is 1. The lowest BCUT2D eigenvalue weighted by molar-refractivity contribution is -0.142. The highest BCUT2D eigenvalue weighted by Crippen LogP contribution is 2.48. The van der Waals surface area contributed by atoms with Gasteiger partial charge in [-0.05, 0) is 84.8 Å². The van der Waals surface area contributed by atoms with Crippen molar-refractivity contribution in [3.63, 3.8) is 0 Å². The van der Waals surface area contributed by atoms with Crippen LogP contribution in [0.1, 0.15) is 376 Å². The molecule has 4 aromatic carbocycles. The topological polar surface area (TPSA) is 206 Å². The molecule has 0 aliphatic carbocycles. The first-order valence-electron chi connectivity index (χ1n) is 45.0. The Balaban J connectivity index is 1.33. The van der Waals surface area contributed by atoms with Crippen LogP contribution in [0.15, 0.2) is 107 Å². The van der Waals surface area contributed by atoms with Crippen molar-refractivity contribution in [3.8, 4) is 28.7 Å². The van der Waals surface area contributed by atoms with Crippen LogP contribution in [0.4, 0.5) is 0 Å². The molecule has 4 N–H and O–H groups in total. The summed E-state index contributed by atoms with van der Waals surface area (Å²) in [6, 6.07) is 29.4. The van der Waals surface area contributed by atoms with E-state index < -0.39 is 46.7 Å². The number of hydrogen-bond donors (Lipinski definition) is 4. The van der Waals surface area contributed by atoms with Crippen LogP contribution in [0, 0.1) is 12.8 Å². The van der Waals surface area contributed by atoms with Crippen molar-refractivity contribution in [2.45, 2.75) is 379 Å². The molecule has 6 rings (SSSR count). The fourth-order valence-electron chi connectivity index (χ4n) is 16.1. The van der Waals surface area contributed by atoms with Crippen LogP contribution in [-0.2, 0) is 31.2 Å². The predicted octanol–water partition coefficient (Wildman–Crippen LogP) is 24.2. The summed E-state index contributed by atoms with van der Waals surface area (Å²) in [6.07, 6.45) is 56.0. The number of hydrogen-bond acceptors (Lipinski definition) is 12. The van der Waals surface area contributed by atoms with Gasteiger partial charge in [0.1, 0.15) is 35.0 Å². The van der Waals surface area contributed by atoms with Crippen LogP contribution in [-0.4, -0.2) is 84.0 Å². The van der Waals surface area contributed by atoms with Crippen LogP contribution in [0.2, 0.25) is 0 Å². The van der Waals surface area contributed by atoms with E-state index >= 15 is 0 Å². The van der Waals surface area contributed by atoms with E-state index in [4.69, 9.17) is 33.2 Å². The van der Waals surface area contributed by atoms with Crippen molar-refractivity contribution >= 4 is 11.9 Å². The minimum absolute atomic E-state index is 0.0159. The highest BCUT2D eigenvalue weighted by Gasteiger charge is 2.54. The molecular formula is C96H151N3O13. The number of aryl methyl sites for hydroxylation is 1. The Bertz CT molecular complexity index is 3270. The van der Waals surface area contributed by atoms with Gasteiger partial charge in [0.15, 0.2) is 11.5 Å². The summed E-state index contributed by atoms with van der Waals surface area (Å²) in [4.78, 5) is 54.6. The second kappa shape index (κ2) is 57.4. The zero-order valence-corrected chi connectivity index (χ0v) is 70.7. The maximum atomic E-state index is 14.4. The van der Waals surface area contributed by atoms with Crippen molar-refractivity contribution in [2.75, 3.05) is 40.6 Å². The number of carboxylic acid groups (broad SMARTS) is 1. The van der Waals surface area contributed by atoms with Crippen molar-refractivity contribution in [3.05, 3.63) is 146 Å². The molecule has 628 valence electrons. The Morgan fingerprint density at radius 2 is 0.911 bits per heavy atom. The van der Waals surface area contributed by atoms with E-state index in [1.807, 2.05) is 91.0 Å². The average Bonchev–Trinajstić information content (AvgIpc) is 1.62. The van der Waals surface area contributed by atoms with Gasteiger partial charge in [0, 0.05) is 37.1 Å². The molecule has 4 atom stereocenters.